The smallest absolute Gasteiger partial charge is 0.416 e. The van der Waals surface area contributed by atoms with Gasteiger partial charge in [-0.2, -0.15) is 13.2 Å². The Labute approximate surface area is 226 Å². The van der Waals surface area contributed by atoms with Gasteiger partial charge in [0, 0.05) is 29.6 Å². The maximum Gasteiger partial charge on any atom is 0.416 e. The van der Waals surface area contributed by atoms with Gasteiger partial charge >= 0.3 is 12.1 Å². The van der Waals surface area contributed by atoms with E-state index in [1.807, 2.05) is 4.72 Å². The largest absolute Gasteiger partial charge is 0.497 e. The molecule has 0 aliphatic rings. The van der Waals surface area contributed by atoms with E-state index < -0.39 is 44.6 Å². The maximum atomic E-state index is 13.0. The fourth-order valence-electron chi connectivity index (χ4n) is 3.20. The summed E-state index contributed by atoms with van der Waals surface area (Å²) in [6.45, 7) is 1.29. The molecule has 14 heteroatoms. The second-order valence-corrected chi connectivity index (χ2v) is 10.1. The monoisotopic (exact) mass is 586 g/mol. The van der Waals surface area contributed by atoms with Crippen LogP contribution < -0.4 is 19.5 Å². The molecule has 208 valence electrons. The lowest BCUT2D eigenvalue weighted by Gasteiger charge is -2.16. The number of alkyl halides is 3. The van der Waals surface area contributed by atoms with Crippen molar-refractivity contribution in [3.8, 4) is 11.5 Å². The summed E-state index contributed by atoms with van der Waals surface area (Å²) in [6, 6.07) is 11.2. The van der Waals surface area contributed by atoms with Crippen LogP contribution in [0.15, 0.2) is 65.6 Å². The molecule has 3 aromatic rings. The van der Waals surface area contributed by atoms with Crippen LogP contribution in [-0.2, 0) is 25.7 Å². The average molecular weight is 587 g/mol. The van der Waals surface area contributed by atoms with Crippen molar-refractivity contribution in [1.29, 1.82) is 0 Å². The molecule has 0 aliphatic heterocycles. The highest BCUT2D eigenvalue weighted by atomic mass is 35.5. The molecule has 1 amide bonds. The Morgan fingerprint density at radius 1 is 0.923 bits per heavy atom. The summed E-state index contributed by atoms with van der Waals surface area (Å²) in [7, 11) is -1.58. The van der Waals surface area contributed by atoms with Gasteiger partial charge < -0.3 is 19.5 Å². The second-order valence-electron chi connectivity index (χ2n) is 7.96. The Hall–Kier alpha value is -3.97. The van der Waals surface area contributed by atoms with Crippen LogP contribution in [-0.4, -0.2) is 40.6 Å². The number of methoxy groups -OCH3 is 2. The summed E-state index contributed by atoms with van der Waals surface area (Å²) in [5.74, 6) is -1.03. The average Bonchev–Trinajstić information content (AvgIpc) is 2.87. The van der Waals surface area contributed by atoms with Crippen molar-refractivity contribution in [3.63, 3.8) is 0 Å². The van der Waals surface area contributed by atoms with E-state index in [0.29, 0.717) is 23.3 Å². The molecule has 9 nitrogen and oxygen atoms in total. The van der Waals surface area contributed by atoms with Crippen molar-refractivity contribution >= 4 is 44.9 Å². The summed E-state index contributed by atoms with van der Waals surface area (Å²) >= 11 is 6.06. The number of anilines is 2. The molecule has 0 spiro atoms. The fourth-order valence-corrected chi connectivity index (χ4v) is 4.47. The quantitative estimate of drug-likeness (QED) is 0.324. The normalized spacial score (nSPS) is 12.3. The summed E-state index contributed by atoms with van der Waals surface area (Å²) in [5, 5.41) is 2.37. The molecule has 0 fully saturated rings. The van der Waals surface area contributed by atoms with E-state index in [0.717, 1.165) is 36.4 Å². The zero-order valence-electron chi connectivity index (χ0n) is 20.6. The number of carbonyl (C=O) groups excluding carboxylic acids is 2. The number of carbonyl (C=O) groups is 2. The molecule has 0 saturated carbocycles. The zero-order chi connectivity index (χ0) is 29.0. The van der Waals surface area contributed by atoms with E-state index in [1.165, 1.54) is 33.3 Å². The number of sulfonamides is 1. The van der Waals surface area contributed by atoms with Crippen molar-refractivity contribution in [3.05, 3.63) is 76.8 Å². The van der Waals surface area contributed by atoms with Crippen molar-refractivity contribution in [2.45, 2.75) is 24.1 Å². The number of hydrogen-bond donors (Lipinski definition) is 2. The number of halogens is 4. The summed E-state index contributed by atoms with van der Waals surface area (Å²) in [6.07, 6.45) is -6.02. The molecule has 0 aromatic heterocycles. The molecule has 1 atom stereocenters. The predicted molar refractivity (Wildman–Crippen MR) is 137 cm³/mol. The highest BCUT2D eigenvalue weighted by Crippen LogP contribution is 2.32. The Bertz CT molecular complexity index is 1470. The molecule has 3 rings (SSSR count). The van der Waals surface area contributed by atoms with E-state index >= 15 is 0 Å². The Balaban J connectivity index is 1.76. The molecule has 3 aromatic carbocycles. The number of benzene rings is 3. The number of amides is 1. The first kappa shape index (κ1) is 29.6. The molecule has 0 radical (unpaired) electrons. The topological polar surface area (TPSA) is 120 Å². The van der Waals surface area contributed by atoms with Crippen molar-refractivity contribution in [2.75, 3.05) is 24.3 Å². The maximum absolute atomic E-state index is 13.0. The van der Waals surface area contributed by atoms with Crippen LogP contribution in [0.3, 0.4) is 0 Å². The molecular weight excluding hydrogens is 565 g/mol. The predicted octanol–water partition coefficient (Wildman–Crippen LogP) is 5.36. The third-order valence-corrected chi connectivity index (χ3v) is 6.89. The minimum Gasteiger partial charge on any atom is -0.497 e. The highest BCUT2D eigenvalue weighted by molar-refractivity contribution is 7.92. The molecule has 2 N–H and O–H groups in total. The number of esters is 1. The lowest BCUT2D eigenvalue weighted by Crippen LogP contribution is -2.30. The van der Waals surface area contributed by atoms with Gasteiger partial charge in [-0.15, -0.1) is 0 Å². The van der Waals surface area contributed by atoms with Gasteiger partial charge in [0.1, 0.15) is 11.5 Å². The van der Waals surface area contributed by atoms with Crippen molar-refractivity contribution < 1.29 is 45.4 Å². The van der Waals surface area contributed by atoms with Gasteiger partial charge in [0.25, 0.3) is 15.9 Å². The fraction of sp³-hybridized carbons (Fsp3) is 0.200. The van der Waals surface area contributed by atoms with E-state index in [1.54, 1.807) is 6.07 Å². The van der Waals surface area contributed by atoms with Gasteiger partial charge in [-0.1, -0.05) is 17.7 Å². The van der Waals surface area contributed by atoms with Gasteiger partial charge in [0.15, 0.2) is 6.10 Å². The molecule has 0 saturated heterocycles. The molecule has 0 aliphatic carbocycles. The van der Waals surface area contributed by atoms with Crippen LogP contribution in [0.1, 0.15) is 22.8 Å². The number of hydrogen-bond acceptors (Lipinski definition) is 7. The first-order valence-corrected chi connectivity index (χ1v) is 12.8. The number of rotatable bonds is 9. The van der Waals surface area contributed by atoms with Crippen LogP contribution in [0, 0.1) is 0 Å². The Kier molecular flexibility index (Phi) is 8.97. The molecule has 39 heavy (non-hydrogen) atoms. The zero-order valence-corrected chi connectivity index (χ0v) is 22.2. The second kappa shape index (κ2) is 11.8. The van der Waals surface area contributed by atoms with Crippen LogP contribution in [0.5, 0.6) is 11.5 Å². The van der Waals surface area contributed by atoms with E-state index in [9.17, 15) is 31.2 Å². The minimum atomic E-state index is -4.68. The van der Waals surface area contributed by atoms with E-state index in [-0.39, 0.29) is 16.3 Å². The summed E-state index contributed by atoms with van der Waals surface area (Å²) < 4.78 is 82.0. The first-order valence-electron chi connectivity index (χ1n) is 11.0. The van der Waals surface area contributed by atoms with Crippen molar-refractivity contribution in [1.82, 2.24) is 0 Å². The van der Waals surface area contributed by atoms with Gasteiger partial charge in [-0.3, -0.25) is 9.52 Å². The standard InChI is InChI=1S/C25H22ClF3N2O7S/c1-14(23(32)30-17-10-18(36-2)12-19(11-17)37-3)38-24(33)21-13-20(7-8-22(21)26)39(34,35)31-16-6-4-5-15(9-16)25(27,28)29/h4-14,31H,1-3H3,(H,30,32). The third kappa shape index (κ3) is 7.54. The summed E-state index contributed by atoms with van der Waals surface area (Å²) in [4.78, 5) is 24.9. The first-order chi connectivity index (χ1) is 18.2. The van der Waals surface area contributed by atoms with Crippen LogP contribution in [0.2, 0.25) is 5.02 Å². The van der Waals surface area contributed by atoms with Crippen molar-refractivity contribution in [2.24, 2.45) is 0 Å². The van der Waals surface area contributed by atoms with Gasteiger partial charge in [0.2, 0.25) is 0 Å². The highest BCUT2D eigenvalue weighted by Gasteiger charge is 2.31. The lowest BCUT2D eigenvalue weighted by atomic mass is 10.2. The number of nitrogens with one attached hydrogen (secondary N) is 2. The lowest BCUT2D eigenvalue weighted by molar-refractivity contribution is -0.137. The van der Waals surface area contributed by atoms with Crippen LogP contribution in [0.25, 0.3) is 0 Å². The molecule has 1 unspecified atom stereocenters. The van der Waals surface area contributed by atoms with E-state index in [4.69, 9.17) is 25.8 Å². The molecular formula is C25H22ClF3N2O7S. The van der Waals surface area contributed by atoms with Crippen LogP contribution >= 0.6 is 11.6 Å². The summed E-state index contributed by atoms with van der Waals surface area (Å²) in [5.41, 5.74) is -1.48. The Morgan fingerprint density at radius 2 is 1.56 bits per heavy atom. The van der Waals surface area contributed by atoms with Crippen LogP contribution in [0.4, 0.5) is 24.5 Å². The van der Waals surface area contributed by atoms with Gasteiger partial charge in [0.05, 0.1) is 35.3 Å². The van der Waals surface area contributed by atoms with Gasteiger partial charge in [-0.05, 0) is 43.3 Å². The van der Waals surface area contributed by atoms with Gasteiger partial charge in [-0.25, -0.2) is 13.2 Å². The Morgan fingerprint density at radius 3 is 2.15 bits per heavy atom. The van der Waals surface area contributed by atoms with E-state index in [2.05, 4.69) is 5.32 Å². The molecule has 0 heterocycles. The molecule has 0 bridgehead atoms. The SMILES string of the molecule is COc1cc(NC(=O)C(C)OC(=O)c2cc(S(=O)(=O)Nc3cccc(C(F)(F)F)c3)ccc2Cl)cc(OC)c1. The third-order valence-electron chi connectivity index (χ3n) is 5.18. The minimum absolute atomic E-state index is 0.178. The number of ether oxygens (including phenoxy) is 3.